The topological polar surface area (TPSA) is 85.3 Å². The van der Waals surface area contributed by atoms with Crippen molar-refractivity contribution in [2.24, 2.45) is 4.40 Å². The molecule has 0 spiro atoms. The third-order valence-corrected chi connectivity index (χ3v) is 6.57. The summed E-state index contributed by atoms with van der Waals surface area (Å²) >= 11 is 6.35. The minimum Gasteiger partial charge on any atom is -0.497 e. The average molecular weight is 435 g/mol. The molecule has 0 atom stereocenters. The van der Waals surface area contributed by atoms with E-state index in [4.69, 9.17) is 21.1 Å². The summed E-state index contributed by atoms with van der Waals surface area (Å²) in [5.74, 6) is 0.692. The van der Waals surface area contributed by atoms with Gasteiger partial charge in [-0.3, -0.25) is 0 Å². The van der Waals surface area contributed by atoms with Gasteiger partial charge in [-0.1, -0.05) is 18.0 Å². The zero-order chi connectivity index (χ0) is 20.6. The van der Waals surface area contributed by atoms with Crippen LogP contribution in [0.2, 0.25) is 5.02 Å². The molecule has 7 nitrogen and oxygen atoms in total. The van der Waals surface area contributed by atoms with Crippen molar-refractivity contribution in [2.45, 2.75) is 30.6 Å². The van der Waals surface area contributed by atoms with Crippen molar-refractivity contribution >= 4 is 39.1 Å². The molecule has 152 valence electrons. The van der Waals surface area contributed by atoms with Crippen molar-refractivity contribution in [1.29, 1.82) is 0 Å². The van der Waals surface area contributed by atoms with Crippen LogP contribution in [-0.4, -0.2) is 33.9 Å². The van der Waals surface area contributed by atoms with Gasteiger partial charge in [0, 0.05) is 13.0 Å². The minimum absolute atomic E-state index is 0.0294. The molecule has 0 aliphatic carbocycles. The van der Waals surface area contributed by atoms with Crippen LogP contribution in [0.4, 0.5) is 5.69 Å². The van der Waals surface area contributed by atoms with Gasteiger partial charge < -0.3 is 14.4 Å². The van der Waals surface area contributed by atoms with Crippen molar-refractivity contribution in [2.75, 3.05) is 18.6 Å². The van der Waals surface area contributed by atoms with Crippen molar-refractivity contribution in [3.8, 4) is 11.5 Å². The first-order valence-corrected chi connectivity index (χ1v) is 11.0. The van der Waals surface area contributed by atoms with Gasteiger partial charge in [0.15, 0.2) is 0 Å². The third-order valence-electron chi connectivity index (χ3n) is 4.93. The van der Waals surface area contributed by atoms with Crippen LogP contribution < -0.4 is 14.4 Å². The number of halogens is 1. The summed E-state index contributed by atoms with van der Waals surface area (Å²) in [4.78, 5) is 14.5. The molecule has 0 bridgehead atoms. The Morgan fingerprint density at radius 2 is 1.83 bits per heavy atom. The van der Waals surface area contributed by atoms with Crippen LogP contribution in [0.3, 0.4) is 0 Å². The van der Waals surface area contributed by atoms with Crippen molar-refractivity contribution < 1.29 is 22.7 Å². The smallest absolute Gasteiger partial charge is 0.345 e. The standard InChI is InChI=1S/C20H19ClN2O5S/c1-27-13-6-8-14(9-7-13)28-20(24)15-11-18-17(12-16(15)21)23-10-4-2-3-5-19(23)22-29(18,25)26/h6-9,11-12H,2-5,10H2,1H3. The predicted octanol–water partition coefficient (Wildman–Crippen LogP) is 4.05. The number of benzene rings is 2. The highest BCUT2D eigenvalue weighted by molar-refractivity contribution is 7.90. The summed E-state index contributed by atoms with van der Waals surface area (Å²) in [7, 11) is -2.39. The molecule has 2 heterocycles. The molecule has 29 heavy (non-hydrogen) atoms. The summed E-state index contributed by atoms with van der Waals surface area (Å²) in [6, 6.07) is 9.22. The molecule has 2 aromatic rings. The number of hydrogen-bond donors (Lipinski definition) is 0. The Morgan fingerprint density at radius 1 is 1.10 bits per heavy atom. The Hall–Kier alpha value is -2.58. The highest BCUT2D eigenvalue weighted by Gasteiger charge is 2.33. The molecule has 4 rings (SSSR count). The number of nitrogens with zero attached hydrogens (tertiary/aromatic N) is 2. The second kappa shape index (κ2) is 7.68. The van der Waals surface area contributed by atoms with Crippen LogP contribution in [0.5, 0.6) is 11.5 Å². The second-order valence-electron chi connectivity index (χ2n) is 6.81. The molecule has 1 fully saturated rings. The molecule has 2 aromatic carbocycles. The highest BCUT2D eigenvalue weighted by atomic mass is 35.5. The van der Waals surface area contributed by atoms with Crippen LogP contribution >= 0.6 is 11.6 Å². The number of rotatable bonds is 3. The van der Waals surface area contributed by atoms with E-state index in [0.29, 0.717) is 36.0 Å². The van der Waals surface area contributed by atoms with Crippen LogP contribution in [0.15, 0.2) is 45.7 Å². The monoisotopic (exact) mass is 434 g/mol. The van der Waals surface area contributed by atoms with E-state index < -0.39 is 16.0 Å². The largest absolute Gasteiger partial charge is 0.497 e. The molecule has 0 aromatic heterocycles. The van der Waals surface area contributed by atoms with Gasteiger partial charge in [-0.15, -0.1) is 4.40 Å². The van der Waals surface area contributed by atoms with Crippen LogP contribution in [-0.2, 0) is 10.0 Å². The van der Waals surface area contributed by atoms with Crippen LogP contribution in [0, 0.1) is 0 Å². The van der Waals surface area contributed by atoms with Crippen LogP contribution in [0.1, 0.15) is 36.0 Å². The molecule has 0 amide bonds. The average Bonchev–Trinajstić information content (AvgIpc) is 2.93. The summed E-state index contributed by atoms with van der Waals surface area (Å²) in [5, 5.41) is 0.128. The van der Waals surface area contributed by atoms with Gasteiger partial charge in [0.25, 0.3) is 10.0 Å². The Labute approximate surface area is 174 Å². The minimum atomic E-state index is -3.92. The van der Waals surface area contributed by atoms with E-state index in [1.807, 2.05) is 4.90 Å². The third kappa shape index (κ3) is 3.82. The van der Waals surface area contributed by atoms with E-state index in [2.05, 4.69) is 4.40 Å². The van der Waals surface area contributed by atoms with Gasteiger partial charge in [-0.2, -0.15) is 8.42 Å². The first-order valence-electron chi connectivity index (χ1n) is 9.20. The number of anilines is 1. The molecule has 9 heteroatoms. The molecule has 0 radical (unpaired) electrons. The summed E-state index contributed by atoms with van der Waals surface area (Å²) in [6.45, 7) is 0.660. The SMILES string of the molecule is COc1ccc(OC(=O)c2cc3c(cc2Cl)N2CCCCCC2=NS3(=O)=O)cc1. The molecule has 2 aliphatic heterocycles. The van der Waals surface area contributed by atoms with Crippen molar-refractivity contribution in [3.63, 3.8) is 0 Å². The van der Waals surface area contributed by atoms with E-state index in [1.165, 1.54) is 19.2 Å². The van der Waals surface area contributed by atoms with Gasteiger partial charge in [0.1, 0.15) is 22.2 Å². The van der Waals surface area contributed by atoms with Gasteiger partial charge >= 0.3 is 5.97 Å². The predicted molar refractivity (Wildman–Crippen MR) is 110 cm³/mol. The lowest BCUT2D eigenvalue weighted by molar-refractivity contribution is 0.0734. The van der Waals surface area contributed by atoms with E-state index in [0.717, 1.165) is 19.3 Å². The Morgan fingerprint density at radius 3 is 2.55 bits per heavy atom. The molecule has 0 N–H and O–H groups in total. The lowest BCUT2D eigenvalue weighted by Crippen LogP contribution is -2.35. The normalized spacial score (nSPS) is 17.4. The highest BCUT2D eigenvalue weighted by Crippen LogP contribution is 2.38. The number of amidine groups is 1. The van der Waals surface area contributed by atoms with Gasteiger partial charge in [0.2, 0.25) is 0 Å². The van der Waals surface area contributed by atoms with Crippen LogP contribution in [0.25, 0.3) is 0 Å². The number of sulfonamides is 1. The van der Waals surface area contributed by atoms with E-state index in [9.17, 15) is 13.2 Å². The van der Waals surface area contributed by atoms with Gasteiger partial charge in [-0.25, -0.2) is 4.79 Å². The lowest BCUT2D eigenvalue weighted by atomic mass is 10.1. The number of ether oxygens (including phenoxy) is 2. The molecule has 2 aliphatic rings. The second-order valence-corrected chi connectivity index (χ2v) is 8.79. The Kier molecular flexibility index (Phi) is 5.23. The summed E-state index contributed by atoms with van der Waals surface area (Å²) in [6.07, 6.45) is 3.42. The number of esters is 1. The molecular formula is C20H19ClN2O5S. The molecule has 0 unspecified atom stereocenters. The zero-order valence-corrected chi connectivity index (χ0v) is 17.3. The van der Waals surface area contributed by atoms with E-state index >= 15 is 0 Å². The maximum atomic E-state index is 12.7. The van der Waals surface area contributed by atoms with E-state index in [-0.39, 0.29) is 15.5 Å². The van der Waals surface area contributed by atoms with Gasteiger partial charge in [0.05, 0.1) is 23.4 Å². The summed E-state index contributed by atoms with van der Waals surface area (Å²) in [5.41, 5.74) is 0.432. The lowest BCUT2D eigenvalue weighted by Gasteiger charge is -2.30. The number of carbonyl (C=O) groups excluding carboxylic acids is 1. The van der Waals surface area contributed by atoms with Gasteiger partial charge in [-0.05, 0) is 49.2 Å². The fourth-order valence-corrected chi connectivity index (χ4v) is 4.96. The Balaban J connectivity index is 1.70. The fraction of sp³-hybridized carbons (Fsp3) is 0.300. The number of carbonyl (C=O) groups is 1. The molecular weight excluding hydrogens is 416 g/mol. The quantitative estimate of drug-likeness (QED) is 0.535. The molecule has 1 saturated heterocycles. The van der Waals surface area contributed by atoms with Crippen molar-refractivity contribution in [3.05, 3.63) is 47.0 Å². The summed E-state index contributed by atoms with van der Waals surface area (Å²) < 4.78 is 39.9. The maximum Gasteiger partial charge on any atom is 0.345 e. The fourth-order valence-electron chi connectivity index (χ4n) is 3.46. The zero-order valence-electron chi connectivity index (χ0n) is 15.7. The number of hydrogen-bond acceptors (Lipinski definition) is 6. The number of fused-ring (bicyclic) bond motifs is 3. The number of methoxy groups -OCH3 is 1. The molecule has 0 saturated carbocycles. The Bertz CT molecular complexity index is 1100. The van der Waals surface area contributed by atoms with Crippen molar-refractivity contribution in [1.82, 2.24) is 0 Å². The maximum absolute atomic E-state index is 12.7. The van der Waals surface area contributed by atoms with E-state index in [1.54, 1.807) is 24.3 Å². The first-order chi connectivity index (χ1) is 13.9. The first kappa shape index (κ1) is 19.7.